The van der Waals surface area contributed by atoms with Crippen molar-refractivity contribution >= 4 is 5.84 Å². The van der Waals surface area contributed by atoms with Crippen LogP contribution >= 0.6 is 0 Å². The molecule has 2 aliphatic carbocycles. The minimum absolute atomic E-state index is 0.281. The van der Waals surface area contributed by atoms with Crippen molar-refractivity contribution in [2.24, 2.45) is 21.7 Å². The molecule has 4 heteroatoms. The molecule has 0 amide bonds. The van der Waals surface area contributed by atoms with E-state index in [-0.39, 0.29) is 5.41 Å². The van der Waals surface area contributed by atoms with E-state index in [4.69, 9.17) is 10.9 Å². The summed E-state index contributed by atoms with van der Waals surface area (Å²) in [6.07, 6.45) is 7.00. The monoisotopic (exact) mass is 239 g/mol. The van der Waals surface area contributed by atoms with Gasteiger partial charge >= 0.3 is 0 Å². The van der Waals surface area contributed by atoms with Crippen LogP contribution in [0.3, 0.4) is 0 Å². The molecule has 0 aliphatic heterocycles. The van der Waals surface area contributed by atoms with Crippen LogP contribution in [0.25, 0.3) is 0 Å². The third kappa shape index (κ3) is 3.35. The van der Waals surface area contributed by atoms with Gasteiger partial charge in [-0.1, -0.05) is 19.0 Å². The molecule has 2 saturated carbocycles. The number of oxime groups is 1. The first-order valence-electron chi connectivity index (χ1n) is 6.65. The quantitative estimate of drug-likeness (QED) is 0.298. The molecule has 1 atom stereocenters. The van der Waals surface area contributed by atoms with Crippen LogP contribution in [0.4, 0.5) is 0 Å². The summed E-state index contributed by atoms with van der Waals surface area (Å²) in [5, 5.41) is 15.4. The van der Waals surface area contributed by atoms with Gasteiger partial charge in [0, 0.05) is 19.0 Å². The lowest BCUT2D eigenvalue weighted by atomic mass is 9.91. The van der Waals surface area contributed by atoms with Gasteiger partial charge in [-0.15, -0.1) is 0 Å². The van der Waals surface area contributed by atoms with Gasteiger partial charge in [-0.2, -0.15) is 0 Å². The lowest BCUT2D eigenvalue weighted by molar-refractivity contribution is 0.313. The predicted molar refractivity (Wildman–Crippen MR) is 69.1 cm³/mol. The van der Waals surface area contributed by atoms with Crippen LogP contribution in [0, 0.1) is 10.8 Å². The average molecular weight is 239 g/mol. The van der Waals surface area contributed by atoms with Crippen LogP contribution in [0.15, 0.2) is 5.16 Å². The largest absolute Gasteiger partial charge is 0.409 e. The first kappa shape index (κ1) is 12.7. The fourth-order valence-corrected chi connectivity index (χ4v) is 2.98. The highest BCUT2D eigenvalue weighted by atomic mass is 16.4. The van der Waals surface area contributed by atoms with E-state index in [9.17, 15) is 0 Å². The SMILES string of the molecule is CC1(C)CCC(NCC2(CC(N)=NO)CC2)C1. The van der Waals surface area contributed by atoms with Crippen molar-refractivity contribution in [2.75, 3.05) is 6.54 Å². The number of rotatable bonds is 5. The fraction of sp³-hybridized carbons (Fsp3) is 0.923. The predicted octanol–water partition coefficient (Wildman–Crippen LogP) is 2.07. The Bertz CT molecular complexity index is 308. The maximum atomic E-state index is 8.62. The molecule has 0 aromatic rings. The second kappa shape index (κ2) is 4.48. The molecular weight excluding hydrogens is 214 g/mol. The standard InChI is InChI=1S/C13H25N3O/c1-12(2)4-3-10(7-12)15-9-13(5-6-13)8-11(14)16-17/h10,15,17H,3-9H2,1-2H3,(H2,14,16). The summed E-state index contributed by atoms with van der Waals surface area (Å²) in [6, 6.07) is 0.662. The Kier molecular flexibility index (Phi) is 3.34. The molecule has 17 heavy (non-hydrogen) atoms. The van der Waals surface area contributed by atoms with E-state index in [1.54, 1.807) is 0 Å². The van der Waals surface area contributed by atoms with Crippen molar-refractivity contribution in [1.29, 1.82) is 0 Å². The zero-order valence-electron chi connectivity index (χ0n) is 11.0. The lowest BCUT2D eigenvalue weighted by Gasteiger charge is -2.21. The van der Waals surface area contributed by atoms with Gasteiger partial charge in [0.15, 0.2) is 0 Å². The minimum atomic E-state index is 0.281. The summed E-state index contributed by atoms with van der Waals surface area (Å²) in [5.41, 5.74) is 6.38. The summed E-state index contributed by atoms with van der Waals surface area (Å²) in [6.45, 7) is 5.71. The van der Waals surface area contributed by atoms with Crippen molar-refractivity contribution in [2.45, 2.75) is 58.4 Å². The third-order valence-electron chi connectivity index (χ3n) is 4.38. The van der Waals surface area contributed by atoms with Gasteiger partial charge in [-0.25, -0.2) is 0 Å². The Balaban J connectivity index is 1.75. The Labute approximate surface area is 104 Å². The smallest absolute Gasteiger partial charge is 0.139 e. The first-order valence-corrected chi connectivity index (χ1v) is 6.65. The normalized spacial score (nSPS) is 30.5. The third-order valence-corrected chi connectivity index (χ3v) is 4.38. The average Bonchev–Trinajstić information content (AvgIpc) is 2.94. The van der Waals surface area contributed by atoms with Crippen LogP contribution in [0.2, 0.25) is 0 Å². The van der Waals surface area contributed by atoms with Crippen LogP contribution in [-0.2, 0) is 0 Å². The van der Waals surface area contributed by atoms with Crippen molar-refractivity contribution in [3.8, 4) is 0 Å². The number of nitrogens with two attached hydrogens (primary N) is 1. The Morgan fingerprint density at radius 2 is 2.12 bits per heavy atom. The summed E-state index contributed by atoms with van der Waals surface area (Å²) < 4.78 is 0. The highest BCUT2D eigenvalue weighted by Crippen LogP contribution is 2.48. The van der Waals surface area contributed by atoms with Gasteiger partial charge in [-0.05, 0) is 42.9 Å². The van der Waals surface area contributed by atoms with Gasteiger partial charge in [0.05, 0.1) is 0 Å². The van der Waals surface area contributed by atoms with Crippen LogP contribution in [0.5, 0.6) is 0 Å². The zero-order valence-corrected chi connectivity index (χ0v) is 11.0. The van der Waals surface area contributed by atoms with Gasteiger partial charge in [-0.3, -0.25) is 0 Å². The molecule has 0 aromatic carbocycles. The molecule has 0 radical (unpaired) electrons. The highest BCUT2D eigenvalue weighted by Gasteiger charge is 2.44. The summed E-state index contributed by atoms with van der Waals surface area (Å²) in [4.78, 5) is 0. The number of nitrogens with one attached hydrogen (secondary N) is 1. The van der Waals surface area contributed by atoms with Gasteiger partial charge in [0.2, 0.25) is 0 Å². The number of nitrogens with zero attached hydrogens (tertiary/aromatic N) is 1. The second-order valence-electron chi connectivity index (χ2n) is 6.75. The fourth-order valence-electron chi connectivity index (χ4n) is 2.98. The maximum Gasteiger partial charge on any atom is 0.139 e. The molecule has 2 fully saturated rings. The number of hydrogen-bond donors (Lipinski definition) is 3. The van der Waals surface area contributed by atoms with Crippen LogP contribution in [0.1, 0.15) is 52.4 Å². The van der Waals surface area contributed by atoms with Crippen LogP contribution < -0.4 is 11.1 Å². The van der Waals surface area contributed by atoms with E-state index < -0.39 is 0 Å². The topological polar surface area (TPSA) is 70.6 Å². The maximum absolute atomic E-state index is 8.62. The summed E-state index contributed by atoms with van der Waals surface area (Å²) in [5.74, 6) is 0.371. The van der Waals surface area contributed by atoms with E-state index in [1.807, 2.05) is 0 Å². The zero-order chi connectivity index (χ0) is 12.5. The molecule has 0 spiro atoms. The minimum Gasteiger partial charge on any atom is -0.409 e. The molecule has 98 valence electrons. The Hall–Kier alpha value is -0.770. The van der Waals surface area contributed by atoms with Crippen molar-refractivity contribution < 1.29 is 5.21 Å². The molecule has 0 bridgehead atoms. The van der Waals surface area contributed by atoms with Crippen molar-refractivity contribution in [3.63, 3.8) is 0 Å². The van der Waals surface area contributed by atoms with Gasteiger partial charge in [0.25, 0.3) is 0 Å². The molecule has 4 N–H and O–H groups in total. The number of hydrogen-bond acceptors (Lipinski definition) is 3. The molecule has 1 unspecified atom stereocenters. The van der Waals surface area contributed by atoms with Gasteiger partial charge in [0.1, 0.15) is 5.84 Å². The van der Waals surface area contributed by atoms with E-state index >= 15 is 0 Å². The van der Waals surface area contributed by atoms with Crippen molar-refractivity contribution in [1.82, 2.24) is 5.32 Å². The second-order valence-corrected chi connectivity index (χ2v) is 6.75. The molecule has 0 aromatic heterocycles. The van der Waals surface area contributed by atoms with Crippen molar-refractivity contribution in [3.05, 3.63) is 0 Å². The summed E-state index contributed by atoms with van der Waals surface area (Å²) in [7, 11) is 0. The van der Waals surface area contributed by atoms with Crippen LogP contribution in [-0.4, -0.2) is 23.6 Å². The molecule has 4 nitrogen and oxygen atoms in total. The Morgan fingerprint density at radius 1 is 1.41 bits per heavy atom. The first-order chi connectivity index (χ1) is 7.95. The molecule has 2 aliphatic rings. The summed E-state index contributed by atoms with van der Waals surface area (Å²) >= 11 is 0. The highest BCUT2D eigenvalue weighted by molar-refractivity contribution is 5.80. The Morgan fingerprint density at radius 3 is 2.59 bits per heavy atom. The molecule has 0 heterocycles. The van der Waals surface area contributed by atoms with E-state index in [0.717, 1.165) is 13.0 Å². The van der Waals surface area contributed by atoms with E-state index in [2.05, 4.69) is 24.3 Å². The van der Waals surface area contributed by atoms with E-state index in [0.29, 0.717) is 17.3 Å². The van der Waals surface area contributed by atoms with Gasteiger partial charge < -0.3 is 16.3 Å². The lowest BCUT2D eigenvalue weighted by Crippen LogP contribution is -2.34. The number of amidine groups is 1. The molecule has 0 saturated heterocycles. The van der Waals surface area contributed by atoms with E-state index in [1.165, 1.54) is 32.1 Å². The molecular formula is C13H25N3O. The molecule has 2 rings (SSSR count).